The van der Waals surface area contributed by atoms with Crippen LogP contribution >= 0.6 is 11.9 Å². The molecule has 0 spiro atoms. The van der Waals surface area contributed by atoms with Gasteiger partial charge in [-0.05, 0) is 38.0 Å². The van der Waals surface area contributed by atoms with Gasteiger partial charge >= 0.3 is 11.5 Å². The molecule has 2 atom stereocenters. The van der Waals surface area contributed by atoms with E-state index < -0.39 is 10.9 Å². The predicted octanol–water partition coefficient (Wildman–Crippen LogP) is 3.81. The van der Waals surface area contributed by atoms with Gasteiger partial charge in [0.2, 0.25) is 0 Å². The SMILES string of the molecule is CC1C=C2CCCC(C(=O)OCCNSC(F)(F)F)(C2)C1. The summed E-state index contributed by atoms with van der Waals surface area (Å²) in [7, 11) is 0. The largest absolute Gasteiger partial charge is 0.464 e. The number of fused-ring (bicyclic) bond motifs is 2. The quantitative estimate of drug-likeness (QED) is 0.361. The van der Waals surface area contributed by atoms with Gasteiger partial charge in [0, 0.05) is 18.5 Å². The molecule has 0 aromatic carbocycles. The van der Waals surface area contributed by atoms with E-state index in [9.17, 15) is 18.0 Å². The molecule has 3 nitrogen and oxygen atoms in total. The molecule has 0 heterocycles. The Balaban J connectivity index is 1.79. The standard InChI is InChI=1S/C14H20F3NO2S/c1-10-7-11-3-2-4-13(8-10,9-11)12(19)20-6-5-18-21-14(15,16)17/h7,10,18H,2-6,8-9H2,1H3. The van der Waals surface area contributed by atoms with Crippen LogP contribution in [0.15, 0.2) is 11.6 Å². The summed E-state index contributed by atoms with van der Waals surface area (Å²) in [4.78, 5) is 12.3. The van der Waals surface area contributed by atoms with E-state index in [1.54, 1.807) is 0 Å². The number of ether oxygens (including phenoxy) is 1. The van der Waals surface area contributed by atoms with Gasteiger partial charge in [0.1, 0.15) is 6.61 Å². The number of halogens is 3. The topological polar surface area (TPSA) is 38.3 Å². The molecule has 0 amide bonds. The lowest BCUT2D eigenvalue weighted by atomic mass is 9.64. The number of carbonyl (C=O) groups excluding carboxylic acids is 1. The monoisotopic (exact) mass is 323 g/mol. The summed E-state index contributed by atoms with van der Waals surface area (Å²) in [5.74, 6) is 0.110. The van der Waals surface area contributed by atoms with Gasteiger partial charge in [-0.15, -0.1) is 0 Å². The molecule has 2 aliphatic carbocycles. The van der Waals surface area contributed by atoms with Crippen LogP contribution in [0.5, 0.6) is 0 Å². The molecule has 7 heteroatoms. The number of hydrogen-bond donors (Lipinski definition) is 1. The van der Waals surface area contributed by atoms with E-state index in [1.165, 1.54) is 5.57 Å². The van der Waals surface area contributed by atoms with Gasteiger partial charge in [-0.3, -0.25) is 9.52 Å². The highest BCUT2D eigenvalue weighted by molar-refractivity contribution is 7.98. The van der Waals surface area contributed by atoms with Gasteiger partial charge < -0.3 is 4.74 Å². The Labute approximate surface area is 126 Å². The third-order valence-electron chi connectivity index (χ3n) is 4.01. The second-order valence-electron chi connectivity index (χ2n) is 5.90. The van der Waals surface area contributed by atoms with Crippen LogP contribution in [0.1, 0.15) is 39.0 Å². The minimum absolute atomic E-state index is 0.00968. The third kappa shape index (κ3) is 4.64. The summed E-state index contributed by atoms with van der Waals surface area (Å²) in [6, 6.07) is 0. The van der Waals surface area contributed by atoms with E-state index >= 15 is 0 Å². The second kappa shape index (κ2) is 6.60. The van der Waals surface area contributed by atoms with Crippen molar-refractivity contribution >= 4 is 17.9 Å². The molecule has 1 fully saturated rings. The van der Waals surface area contributed by atoms with Crippen LogP contribution in [0.25, 0.3) is 0 Å². The minimum Gasteiger partial charge on any atom is -0.464 e. The maximum Gasteiger partial charge on any atom is 0.456 e. The number of esters is 1. The predicted molar refractivity (Wildman–Crippen MR) is 75.4 cm³/mol. The summed E-state index contributed by atoms with van der Waals surface area (Å²) in [5, 5.41) is 0. The zero-order valence-electron chi connectivity index (χ0n) is 12.0. The lowest BCUT2D eigenvalue weighted by Crippen LogP contribution is -2.40. The molecule has 0 aromatic rings. The maximum absolute atomic E-state index is 12.3. The molecular weight excluding hydrogens is 303 g/mol. The molecule has 0 aliphatic heterocycles. The lowest BCUT2D eigenvalue weighted by molar-refractivity contribution is -0.158. The van der Waals surface area contributed by atoms with Crippen molar-refractivity contribution in [2.24, 2.45) is 11.3 Å². The van der Waals surface area contributed by atoms with Gasteiger partial charge in [-0.2, -0.15) is 13.2 Å². The normalized spacial score (nSPS) is 29.0. The molecule has 1 saturated carbocycles. The van der Waals surface area contributed by atoms with Crippen LogP contribution in [0.4, 0.5) is 13.2 Å². The van der Waals surface area contributed by atoms with Crippen LogP contribution in [-0.4, -0.2) is 24.6 Å². The van der Waals surface area contributed by atoms with Gasteiger partial charge in [0.25, 0.3) is 0 Å². The molecular formula is C14H20F3NO2S. The number of rotatable bonds is 5. The molecule has 0 aromatic heterocycles. The third-order valence-corrected chi connectivity index (χ3v) is 4.59. The molecule has 2 bridgehead atoms. The number of hydrogen-bond acceptors (Lipinski definition) is 4. The molecule has 1 N–H and O–H groups in total. The minimum atomic E-state index is -4.31. The average Bonchev–Trinajstić information content (AvgIpc) is 2.36. The second-order valence-corrected chi connectivity index (χ2v) is 6.85. The lowest BCUT2D eigenvalue weighted by Gasteiger charge is -2.41. The number of carbonyl (C=O) groups is 1. The van der Waals surface area contributed by atoms with Crippen molar-refractivity contribution in [2.45, 2.75) is 44.5 Å². The van der Waals surface area contributed by atoms with Crippen molar-refractivity contribution in [3.05, 3.63) is 11.6 Å². The van der Waals surface area contributed by atoms with Crippen LogP contribution in [-0.2, 0) is 9.53 Å². The molecule has 2 aliphatic rings. The number of allylic oxidation sites excluding steroid dienone is 2. The summed E-state index contributed by atoms with van der Waals surface area (Å²) in [6.07, 6.45) is 6.62. The van der Waals surface area contributed by atoms with Crippen molar-refractivity contribution in [1.82, 2.24) is 4.72 Å². The van der Waals surface area contributed by atoms with Crippen LogP contribution < -0.4 is 4.72 Å². The summed E-state index contributed by atoms with van der Waals surface area (Å²) >= 11 is -0.313. The number of alkyl halides is 3. The van der Waals surface area contributed by atoms with Gasteiger partial charge in [-0.25, -0.2) is 0 Å². The molecule has 0 saturated heterocycles. The molecule has 0 radical (unpaired) electrons. The molecule has 120 valence electrons. The Morgan fingerprint density at radius 1 is 1.57 bits per heavy atom. The fraction of sp³-hybridized carbons (Fsp3) is 0.786. The van der Waals surface area contributed by atoms with E-state index in [-0.39, 0.29) is 31.1 Å². The first kappa shape index (κ1) is 16.7. The Morgan fingerprint density at radius 2 is 2.33 bits per heavy atom. The summed E-state index contributed by atoms with van der Waals surface area (Å²) in [6.45, 7) is 2.05. The molecule has 2 unspecified atom stereocenters. The van der Waals surface area contributed by atoms with Crippen molar-refractivity contribution in [3.63, 3.8) is 0 Å². The van der Waals surface area contributed by atoms with Gasteiger partial charge in [0.05, 0.1) is 5.41 Å². The number of nitrogens with one attached hydrogen (secondary N) is 1. The highest BCUT2D eigenvalue weighted by Gasteiger charge is 2.45. The maximum atomic E-state index is 12.3. The zero-order chi connectivity index (χ0) is 15.5. The Hall–Kier alpha value is -0.690. The van der Waals surface area contributed by atoms with Crippen LogP contribution in [0.2, 0.25) is 0 Å². The highest BCUT2D eigenvalue weighted by Crippen LogP contribution is 2.48. The first-order valence-corrected chi connectivity index (χ1v) is 7.97. The zero-order valence-corrected chi connectivity index (χ0v) is 12.8. The molecule has 21 heavy (non-hydrogen) atoms. The van der Waals surface area contributed by atoms with Crippen molar-refractivity contribution in [1.29, 1.82) is 0 Å². The van der Waals surface area contributed by atoms with Crippen molar-refractivity contribution < 1.29 is 22.7 Å². The molecule has 2 rings (SSSR count). The van der Waals surface area contributed by atoms with Crippen molar-refractivity contribution in [2.75, 3.05) is 13.2 Å². The van der Waals surface area contributed by atoms with Crippen LogP contribution in [0, 0.1) is 11.3 Å². The van der Waals surface area contributed by atoms with Crippen LogP contribution in [0.3, 0.4) is 0 Å². The first-order valence-electron chi connectivity index (χ1n) is 7.15. The van der Waals surface area contributed by atoms with E-state index in [4.69, 9.17) is 4.74 Å². The average molecular weight is 323 g/mol. The first-order chi connectivity index (χ1) is 9.81. The van der Waals surface area contributed by atoms with Crippen molar-refractivity contribution in [3.8, 4) is 0 Å². The van der Waals surface area contributed by atoms with E-state index in [0.29, 0.717) is 5.92 Å². The fourth-order valence-electron chi connectivity index (χ4n) is 3.39. The van der Waals surface area contributed by atoms with Gasteiger partial charge in [-0.1, -0.05) is 18.6 Å². The van der Waals surface area contributed by atoms with E-state index in [2.05, 4.69) is 17.7 Å². The fourth-order valence-corrected chi connectivity index (χ4v) is 3.74. The van der Waals surface area contributed by atoms with E-state index in [0.717, 1.165) is 32.1 Å². The van der Waals surface area contributed by atoms with E-state index in [1.807, 2.05) is 0 Å². The Morgan fingerprint density at radius 3 is 3.05 bits per heavy atom. The highest BCUT2D eigenvalue weighted by atomic mass is 32.2. The summed E-state index contributed by atoms with van der Waals surface area (Å²) < 4.78 is 43.1. The summed E-state index contributed by atoms with van der Waals surface area (Å²) in [5.41, 5.74) is -3.44. The Kier molecular flexibility index (Phi) is 5.24. The smallest absolute Gasteiger partial charge is 0.456 e. The Bertz CT molecular complexity index is 425. The van der Waals surface area contributed by atoms with Gasteiger partial charge in [0.15, 0.2) is 0 Å².